The Morgan fingerprint density at radius 3 is 2.69 bits per heavy atom. The van der Waals surface area contributed by atoms with Crippen molar-refractivity contribution in [3.63, 3.8) is 0 Å². The fraction of sp³-hybridized carbons (Fsp3) is 0.316. The number of nitrogens with zero attached hydrogens (tertiary/aromatic N) is 2. The fourth-order valence-corrected chi connectivity index (χ4v) is 5.17. The summed E-state index contributed by atoms with van der Waals surface area (Å²) in [5.74, 6) is -4.12. The van der Waals surface area contributed by atoms with E-state index >= 15 is 0 Å². The van der Waals surface area contributed by atoms with Crippen molar-refractivity contribution in [2.75, 3.05) is 25.5 Å². The van der Waals surface area contributed by atoms with Crippen molar-refractivity contribution in [3.05, 3.63) is 46.9 Å². The van der Waals surface area contributed by atoms with Crippen LogP contribution in [0.3, 0.4) is 0 Å². The van der Waals surface area contributed by atoms with Gasteiger partial charge in [-0.15, -0.1) is 0 Å². The molecule has 13 heteroatoms. The molecule has 0 bridgehead atoms. The fourth-order valence-electron chi connectivity index (χ4n) is 3.22. The molecule has 1 fully saturated rings. The number of aliphatic carboxylic acids is 1. The lowest BCUT2D eigenvalue weighted by molar-refractivity contribution is -0.301. The van der Waals surface area contributed by atoms with E-state index in [9.17, 15) is 32.7 Å². The third kappa shape index (κ3) is 4.61. The number of amides is 2. The number of hydrogen-bond donors (Lipinski definition) is 1. The van der Waals surface area contributed by atoms with E-state index in [1.807, 2.05) is 0 Å². The van der Waals surface area contributed by atoms with Crippen molar-refractivity contribution in [1.82, 2.24) is 15.2 Å². The number of pyridine rings is 1. The van der Waals surface area contributed by atoms with Crippen LogP contribution in [-0.2, 0) is 33.7 Å². The number of aromatic nitrogens is 1. The zero-order chi connectivity index (χ0) is 23.5. The van der Waals surface area contributed by atoms with Gasteiger partial charge < -0.3 is 24.7 Å². The number of esters is 1. The third-order valence-electron chi connectivity index (χ3n) is 4.50. The molecular formula is C19H18N3O9S-. The molecule has 12 nitrogen and oxygen atoms in total. The Morgan fingerprint density at radius 1 is 1.31 bits per heavy atom. The molecule has 2 aliphatic heterocycles. The summed E-state index contributed by atoms with van der Waals surface area (Å²) >= 11 is 0. The zero-order valence-electron chi connectivity index (χ0n) is 16.8. The molecule has 1 aromatic heterocycles. The minimum atomic E-state index is -4.05. The largest absolute Gasteiger partial charge is 0.543 e. The first-order valence-corrected chi connectivity index (χ1v) is 11.0. The number of carbonyl (C=O) groups excluding carboxylic acids is 4. The highest BCUT2D eigenvalue weighted by atomic mass is 32.2. The smallest absolute Gasteiger partial charge is 0.407 e. The van der Waals surface area contributed by atoms with E-state index in [1.54, 1.807) is 25.1 Å². The van der Waals surface area contributed by atoms with Gasteiger partial charge in [0, 0.05) is 11.8 Å². The van der Waals surface area contributed by atoms with Crippen molar-refractivity contribution in [1.29, 1.82) is 0 Å². The maximum atomic E-state index is 12.8. The van der Waals surface area contributed by atoms with E-state index in [-0.39, 0.29) is 17.8 Å². The number of fused-ring (bicyclic) bond motifs is 1. The SMILES string of the molecule is CCOC(=O)CNC(=O)OCC1=C(C(=O)[O-])N2C(=O)/C(=C/c3ccccn3)C2S(=O)(=O)C1. The number of rotatable bonds is 7. The molecule has 32 heavy (non-hydrogen) atoms. The van der Waals surface area contributed by atoms with E-state index in [4.69, 9.17) is 4.74 Å². The molecule has 0 spiro atoms. The first-order chi connectivity index (χ1) is 15.2. The predicted molar refractivity (Wildman–Crippen MR) is 105 cm³/mol. The molecular weight excluding hydrogens is 446 g/mol. The Kier molecular flexibility index (Phi) is 6.58. The molecule has 1 aromatic rings. The predicted octanol–water partition coefficient (Wildman–Crippen LogP) is -1.64. The van der Waals surface area contributed by atoms with Crippen LogP contribution in [0.25, 0.3) is 6.08 Å². The summed E-state index contributed by atoms with van der Waals surface area (Å²) in [5, 5.41) is 12.3. The lowest BCUT2D eigenvalue weighted by atomic mass is 10.0. The van der Waals surface area contributed by atoms with Gasteiger partial charge in [0.2, 0.25) is 0 Å². The Morgan fingerprint density at radius 2 is 2.06 bits per heavy atom. The normalized spacial score (nSPS) is 20.3. The minimum Gasteiger partial charge on any atom is -0.543 e. The number of carboxylic acid groups (broad SMARTS) is 1. The first kappa shape index (κ1) is 22.9. The number of sulfone groups is 1. The summed E-state index contributed by atoms with van der Waals surface area (Å²) in [5.41, 5.74) is -0.810. The quantitative estimate of drug-likeness (QED) is 0.280. The van der Waals surface area contributed by atoms with Crippen LogP contribution in [-0.4, -0.2) is 73.1 Å². The first-order valence-electron chi connectivity index (χ1n) is 9.33. The standard InChI is InChI=1S/C19H19N3O9S/c1-2-30-14(23)8-21-19(27)31-9-11-10-32(28,29)17-13(7-12-5-3-4-6-20-12)16(24)22(17)15(11)18(25)26/h3-7,17H,2,8-10H2,1H3,(H,21,27)(H,25,26)/p-1/b13-7-. The molecule has 1 saturated heterocycles. The highest BCUT2D eigenvalue weighted by Crippen LogP contribution is 2.40. The third-order valence-corrected chi connectivity index (χ3v) is 6.40. The van der Waals surface area contributed by atoms with Crippen LogP contribution in [0.15, 0.2) is 41.2 Å². The van der Waals surface area contributed by atoms with Crippen LogP contribution in [0, 0.1) is 0 Å². The average Bonchev–Trinajstić information content (AvgIpc) is 2.74. The van der Waals surface area contributed by atoms with Crippen LogP contribution >= 0.6 is 0 Å². The van der Waals surface area contributed by atoms with Gasteiger partial charge in [-0.3, -0.25) is 19.5 Å². The van der Waals surface area contributed by atoms with Crippen molar-refractivity contribution < 1.29 is 42.2 Å². The summed E-state index contributed by atoms with van der Waals surface area (Å²) in [7, 11) is -4.05. The molecule has 2 aliphatic rings. The summed E-state index contributed by atoms with van der Waals surface area (Å²) in [6, 6.07) is 4.84. The summed E-state index contributed by atoms with van der Waals surface area (Å²) in [6.45, 7) is 0.449. The average molecular weight is 464 g/mol. The van der Waals surface area contributed by atoms with Crippen molar-refractivity contribution in [2.45, 2.75) is 12.3 Å². The topological polar surface area (TPSA) is 172 Å². The Labute approximate surface area is 182 Å². The summed E-state index contributed by atoms with van der Waals surface area (Å²) in [6.07, 6.45) is 1.63. The zero-order valence-corrected chi connectivity index (χ0v) is 17.6. The van der Waals surface area contributed by atoms with Gasteiger partial charge in [-0.25, -0.2) is 13.2 Å². The molecule has 170 valence electrons. The van der Waals surface area contributed by atoms with Gasteiger partial charge in [0.15, 0.2) is 15.2 Å². The Hall–Kier alpha value is -3.74. The second kappa shape index (κ2) is 9.18. The van der Waals surface area contributed by atoms with E-state index in [1.165, 1.54) is 12.3 Å². The molecule has 3 heterocycles. The van der Waals surface area contributed by atoms with E-state index in [2.05, 4.69) is 15.0 Å². The Bertz CT molecular complexity index is 1130. The molecule has 1 atom stereocenters. The van der Waals surface area contributed by atoms with Crippen LogP contribution < -0.4 is 10.4 Å². The maximum absolute atomic E-state index is 12.8. The van der Waals surface area contributed by atoms with Gasteiger partial charge >= 0.3 is 12.1 Å². The number of ether oxygens (including phenoxy) is 2. The molecule has 2 amide bonds. The number of alkyl carbamates (subject to hydrolysis) is 1. The van der Waals surface area contributed by atoms with Gasteiger partial charge in [-0.05, 0) is 25.1 Å². The van der Waals surface area contributed by atoms with Gasteiger partial charge in [-0.1, -0.05) is 6.07 Å². The second-order valence-electron chi connectivity index (χ2n) is 6.66. The number of nitrogens with one attached hydrogen (secondary N) is 1. The molecule has 3 rings (SSSR count). The van der Waals surface area contributed by atoms with Crippen molar-refractivity contribution >= 4 is 39.9 Å². The highest BCUT2D eigenvalue weighted by Gasteiger charge is 2.55. The van der Waals surface area contributed by atoms with Gasteiger partial charge in [-0.2, -0.15) is 0 Å². The minimum absolute atomic E-state index is 0.108. The van der Waals surface area contributed by atoms with Crippen LogP contribution in [0.2, 0.25) is 0 Å². The number of carboxylic acids is 1. The number of carbonyl (C=O) groups is 4. The highest BCUT2D eigenvalue weighted by molar-refractivity contribution is 7.92. The van der Waals surface area contributed by atoms with Gasteiger partial charge in [0.1, 0.15) is 13.2 Å². The molecule has 1 unspecified atom stereocenters. The molecule has 1 N–H and O–H groups in total. The maximum Gasteiger partial charge on any atom is 0.407 e. The van der Waals surface area contributed by atoms with Crippen molar-refractivity contribution in [3.8, 4) is 0 Å². The second-order valence-corrected chi connectivity index (χ2v) is 8.72. The van der Waals surface area contributed by atoms with Crippen molar-refractivity contribution in [2.24, 2.45) is 0 Å². The van der Waals surface area contributed by atoms with Crippen LogP contribution in [0.4, 0.5) is 4.79 Å². The molecule has 0 aliphatic carbocycles. The molecule has 0 saturated carbocycles. The monoisotopic (exact) mass is 464 g/mol. The summed E-state index contributed by atoms with van der Waals surface area (Å²) < 4.78 is 35.0. The van der Waals surface area contributed by atoms with E-state index in [0.29, 0.717) is 10.6 Å². The lowest BCUT2D eigenvalue weighted by Crippen LogP contribution is -2.63. The van der Waals surface area contributed by atoms with Crippen LogP contribution in [0.5, 0.6) is 0 Å². The Balaban J connectivity index is 1.81. The van der Waals surface area contributed by atoms with Crippen LogP contribution in [0.1, 0.15) is 12.6 Å². The van der Waals surface area contributed by atoms with Gasteiger partial charge in [0.25, 0.3) is 5.91 Å². The lowest BCUT2D eigenvalue weighted by Gasteiger charge is -2.46. The summed E-state index contributed by atoms with van der Waals surface area (Å²) in [4.78, 5) is 51.9. The molecule has 0 radical (unpaired) electrons. The van der Waals surface area contributed by atoms with Gasteiger partial charge in [0.05, 0.1) is 35.3 Å². The molecule has 0 aromatic carbocycles. The van der Waals surface area contributed by atoms with E-state index < -0.39 is 63.8 Å². The number of β-lactam (4-membered cyclic amide) rings is 1. The number of hydrogen-bond acceptors (Lipinski definition) is 10. The van der Waals surface area contributed by atoms with E-state index in [0.717, 1.165) is 0 Å².